The SMILES string of the molecule is CC(I)(CC(F)(F)C(F)(F)C(F)(F)C(F)(F)C(F)(F)C(F)(F)C(F)(F)C(F)(F)F)C(=O)O. The highest BCUT2D eigenvalue weighted by atomic mass is 127. The maximum absolute atomic E-state index is 13.6. The first-order chi connectivity index (χ1) is 13.4. The first-order valence-corrected chi connectivity index (χ1v) is 8.12. The lowest BCUT2D eigenvalue weighted by Crippen LogP contribution is -2.74. The Hall–Kier alpha value is -0.990. The Bertz CT molecular complexity index is 724. The van der Waals surface area contributed by atoms with Gasteiger partial charge in [-0.1, -0.05) is 22.6 Å². The van der Waals surface area contributed by atoms with Crippen LogP contribution in [0.3, 0.4) is 0 Å². The molecule has 0 heterocycles. The van der Waals surface area contributed by atoms with Crippen LogP contribution in [-0.4, -0.2) is 62.1 Å². The Morgan fingerprint density at radius 1 is 0.594 bits per heavy atom. The average molecular weight is 632 g/mol. The molecule has 32 heavy (non-hydrogen) atoms. The Morgan fingerprint density at radius 3 is 1.09 bits per heavy atom. The summed E-state index contributed by atoms with van der Waals surface area (Å²) in [5, 5.41) is 8.50. The van der Waals surface area contributed by atoms with Crippen molar-refractivity contribution in [3.63, 3.8) is 0 Å². The summed E-state index contributed by atoms with van der Waals surface area (Å²) in [6.45, 7) is 0.114. The van der Waals surface area contributed by atoms with Crippen LogP contribution in [0, 0.1) is 0 Å². The van der Waals surface area contributed by atoms with Gasteiger partial charge in [-0.25, -0.2) is 0 Å². The molecule has 0 rings (SSSR count). The lowest BCUT2D eigenvalue weighted by molar-refractivity contribution is -0.461. The summed E-state index contributed by atoms with van der Waals surface area (Å²) in [6.07, 6.45) is -10.8. The van der Waals surface area contributed by atoms with Crippen molar-refractivity contribution in [1.82, 2.24) is 0 Å². The minimum absolute atomic E-state index is 0.114. The molecule has 1 unspecified atom stereocenters. The first-order valence-electron chi connectivity index (χ1n) is 7.04. The number of alkyl halides is 18. The Labute approximate surface area is 178 Å². The van der Waals surface area contributed by atoms with Gasteiger partial charge in [0.1, 0.15) is 3.42 Å². The number of carbonyl (C=O) groups is 1. The van der Waals surface area contributed by atoms with Crippen LogP contribution in [0.1, 0.15) is 13.3 Å². The summed E-state index contributed by atoms with van der Waals surface area (Å²) >= 11 is 0.391. The summed E-state index contributed by atoms with van der Waals surface area (Å²) in [5.41, 5.74) is 0. The zero-order valence-electron chi connectivity index (χ0n) is 14.4. The molecule has 0 aliphatic rings. The van der Waals surface area contributed by atoms with Crippen molar-refractivity contribution in [2.75, 3.05) is 0 Å². The normalized spacial score (nSPS) is 17.8. The number of carboxylic acids is 1. The number of carboxylic acid groups (broad SMARTS) is 1. The van der Waals surface area contributed by atoms with Crippen molar-refractivity contribution >= 4 is 28.6 Å². The molecular formula is C12H6F17IO2. The number of aliphatic carboxylic acids is 1. The van der Waals surface area contributed by atoms with Gasteiger partial charge < -0.3 is 5.11 Å². The topological polar surface area (TPSA) is 37.3 Å². The van der Waals surface area contributed by atoms with E-state index in [1.807, 2.05) is 0 Å². The van der Waals surface area contributed by atoms with Gasteiger partial charge in [0.25, 0.3) is 0 Å². The standard InChI is InChI=1S/C12H6F17IO2/c1-4(30,3(31)32)2-5(13,14)6(15,16)7(17,18)8(19,20)9(21,22)10(23,24)11(25,26)12(27,28)29/h2H2,1H3,(H,31,32). The van der Waals surface area contributed by atoms with Gasteiger partial charge in [-0.15, -0.1) is 0 Å². The van der Waals surface area contributed by atoms with Crippen LogP contribution in [-0.2, 0) is 4.79 Å². The van der Waals surface area contributed by atoms with E-state index in [0.717, 1.165) is 0 Å². The summed E-state index contributed by atoms with van der Waals surface area (Å²) in [6, 6.07) is 0. The van der Waals surface area contributed by atoms with Crippen LogP contribution < -0.4 is 0 Å². The molecule has 0 spiro atoms. The van der Waals surface area contributed by atoms with Crippen molar-refractivity contribution in [2.24, 2.45) is 0 Å². The van der Waals surface area contributed by atoms with E-state index in [9.17, 15) is 79.4 Å². The lowest BCUT2D eigenvalue weighted by Gasteiger charge is -2.43. The van der Waals surface area contributed by atoms with Gasteiger partial charge >= 0.3 is 53.6 Å². The summed E-state index contributed by atoms with van der Waals surface area (Å²) < 4.78 is 218. The summed E-state index contributed by atoms with van der Waals surface area (Å²) in [4.78, 5) is 10.6. The molecule has 0 aliphatic heterocycles. The molecule has 1 N–H and O–H groups in total. The maximum Gasteiger partial charge on any atom is 0.460 e. The fourth-order valence-corrected chi connectivity index (χ4v) is 2.28. The number of hydrogen-bond acceptors (Lipinski definition) is 1. The van der Waals surface area contributed by atoms with E-state index in [4.69, 9.17) is 5.11 Å². The van der Waals surface area contributed by atoms with Crippen LogP contribution in [0.4, 0.5) is 74.6 Å². The predicted octanol–water partition coefficient (Wildman–Crippen LogP) is 6.66. The van der Waals surface area contributed by atoms with Gasteiger partial charge in [0.15, 0.2) is 0 Å². The third kappa shape index (κ3) is 4.16. The largest absolute Gasteiger partial charge is 0.480 e. The van der Waals surface area contributed by atoms with Crippen LogP contribution in [0.5, 0.6) is 0 Å². The molecule has 192 valence electrons. The molecule has 0 aromatic carbocycles. The summed E-state index contributed by atoms with van der Waals surface area (Å²) in [5.74, 6) is -59.7. The third-order valence-electron chi connectivity index (χ3n) is 3.79. The van der Waals surface area contributed by atoms with E-state index in [1.165, 1.54) is 0 Å². The van der Waals surface area contributed by atoms with Crippen molar-refractivity contribution < 1.29 is 84.5 Å². The minimum Gasteiger partial charge on any atom is -0.480 e. The van der Waals surface area contributed by atoms with E-state index >= 15 is 0 Å². The highest BCUT2D eigenvalue weighted by Gasteiger charge is 2.95. The zero-order valence-corrected chi connectivity index (χ0v) is 16.5. The number of rotatable bonds is 9. The molecule has 0 amide bonds. The second-order valence-corrected chi connectivity index (χ2v) is 8.71. The smallest absolute Gasteiger partial charge is 0.460 e. The Morgan fingerprint density at radius 2 is 0.844 bits per heavy atom. The van der Waals surface area contributed by atoms with Crippen molar-refractivity contribution in [3.8, 4) is 0 Å². The lowest BCUT2D eigenvalue weighted by atomic mass is 9.86. The second-order valence-electron chi connectivity index (χ2n) is 6.33. The molecule has 0 saturated heterocycles. The summed E-state index contributed by atoms with van der Waals surface area (Å²) in [7, 11) is 0. The minimum atomic E-state index is -8.71. The van der Waals surface area contributed by atoms with Crippen LogP contribution in [0.2, 0.25) is 0 Å². The first kappa shape index (κ1) is 31.0. The van der Waals surface area contributed by atoms with Gasteiger partial charge in [-0.2, -0.15) is 74.6 Å². The van der Waals surface area contributed by atoms with Gasteiger partial charge in [0.05, 0.1) is 0 Å². The van der Waals surface area contributed by atoms with E-state index in [1.54, 1.807) is 0 Å². The fourth-order valence-electron chi connectivity index (χ4n) is 1.80. The average Bonchev–Trinajstić information content (AvgIpc) is 2.51. The predicted molar refractivity (Wildman–Crippen MR) is 75.4 cm³/mol. The maximum atomic E-state index is 13.6. The molecule has 0 fully saturated rings. The van der Waals surface area contributed by atoms with Crippen LogP contribution >= 0.6 is 22.6 Å². The van der Waals surface area contributed by atoms with E-state index < -0.39 is 63.4 Å². The van der Waals surface area contributed by atoms with E-state index in [0.29, 0.717) is 22.6 Å². The van der Waals surface area contributed by atoms with E-state index in [-0.39, 0.29) is 6.92 Å². The third-order valence-corrected chi connectivity index (χ3v) is 4.63. The molecule has 2 nitrogen and oxygen atoms in total. The van der Waals surface area contributed by atoms with E-state index in [2.05, 4.69) is 0 Å². The van der Waals surface area contributed by atoms with Crippen molar-refractivity contribution in [2.45, 2.75) is 64.4 Å². The molecule has 0 bridgehead atoms. The highest BCUT2D eigenvalue weighted by Crippen LogP contribution is 2.64. The van der Waals surface area contributed by atoms with Crippen LogP contribution in [0.15, 0.2) is 0 Å². The fraction of sp³-hybridized carbons (Fsp3) is 0.917. The van der Waals surface area contributed by atoms with Crippen molar-refractivity contribution in [1.29, 1.82) is 0 Å². The molecule has 0 aliphatic carbocycles. The molecule has 1 atom stereocenters. The second kappa shape index (κ2) is 7.77. The van der Waals surface area contributed by atoms with Gasteiger partial charge in [-0.05, 0) is 6.92 Å². The van der Waals surface area contributed by atoms with Gasteiger partial charge in [0.2, 0.25) is 0 Å². The Kier molecular flexibility index (Phi) is 7.53. The molecule has 0 aromatic heterocycles. The number of halogens is 18. The molecule has 20 heteroatoms. The van der Waals surface area contributed by atoms with Gasteiger partial charge in [-0.3, -0.25) is 4.79 Å². The highest BCUT2D eigenvalue weighted by molar-refractivity contribution is 14.1. The zero-order chi connectivity index (χ0) is 26.8. The van der Waals surface area contributed by atoms with Gasteiger partial charge in [0, 0.05) is 6.42 Å². The number of hydrogen-bond donors (Lipinski definition) is 1. The quantitative estimate of drug-likeness (QED) is 0.176. The van der Waals surface area contributed by atoms with Crippen molar-refractivity contribution in [3.05, 3.63) is 0 Å². The monoisotopic (exact) mass is 632 g/mol. The Balaban J connectivity index is 6.75. The van der Waals surface area contributed by atoms with Crippen LogP contribution in [0.25, 0.3) is 0 Å². The molecule has 0 saturated carbocycles. The molecular weight excluding hydrogens is 626 g/mol. The molecule has 0 radical (unpaired) electrons. The molecule has 0 aromatic rings.